The molecule has 5 atom stereocenters. The van der Waals surface area contributed by atoms with Crippen molar-refractivity contribution in [3.8, 4) is 6.07 Å². The predicted molar refractivity (Wildman–Crippen MR) is 113 cm³/mol. The second kappa shape index (κ2) is 7.93. The average molecular weight is 442 g/mol. The van der Waals surface area contributed by atoms with Crippen LogP contribution in [-0.4, -0.2) is 22.6 Å². The Balaban J connectivity index is 1.30. The molecule has 1 aromatic carbocycles. The van der Waals surface area contributed by atoms with Gasteiger partial charge in [-0.15, -0.1) is 0 Å². The summed E-state index contributed by atoms with van der Waals surface area (Å²) in [5.41, 5.74) is 6.74. The Labute approximate surface area is 184 Å². The second-order valence-corrected chi connectivity index (χ2v) is 9.68. The monoisotopic (exact) mass is 442 g/mol. The lowest BCUT2D eigenvalue weighted by Gasteiger charge is -2.59. The van der Waals surface area contributed by atoms with Crippen LogP contribution >= 0.6 is 0 Å². The fourth-order valence-electron chi connectivity index (χ4n) is 6.32. The summed E-state index contributed by atoms with van der Waals surface area (Å²) in [5, 5.41) is 15.6. The van der Waals surface area contributed by atoms with E-state index in [1.165, 1.54) is 25.5 Å². The van der Waals surface area contributed by atoms with Crippen molar-refractivity contribution in [3.05, 3.63) is 46.9 Å². The molecule has 1 unspecified atom stereocenters. The topological polar surface area (TPSA) is 99.6 Å². The van der Waals surface area contributed by atoms with E-state index in [0.29, 0.717) is 41.9 Å². The van der Waals surface area contributed by atoms with Gasteiger partial charge < -0.3 is 16.4 Å². The number of nitrogens with two attached hydrogens (primary N) is 1. The van der Waals surface area contributed by atoms with Gasteiger partial charge in [0.05, 0.1) is 6.20 Å². The zero-order chi connectivity index (χ0) is 22.5. The zero-order valence-electron chi connectivity index (χ0n) is 17.5. The number of benzene rings is 1. The molecule has 0 aliphatic heterocycles. The van der Waals surface area contributed by atoms with Crippen molar-refractivity contribution < 1.29 is 13.2 Å². The van der Waals surface area contributed by atoms with Gasteiger partial charge in [0.25, 0.3) is 0 Å². The third-order valence-corrected chi connectivity index (χ3v) is 7.52. The Kier molecular flexibility index (Phi) is 5.20. The molecule has 4 bridgehead atoms. The molecule has 0 spiro atoms. The van der Waals surface area contributed by atoms with E-state index in [-0.39, 0.29) is 23.5 Å². The van der Waals surface area contributed by atoms with Gasteiger partial charge in [-0.05, 0) is 61.3 Å². The maximum Gasteiger partial charge on any atom is 0.224 e. The zero-order valence-corrected chi connectivity index (χ0v) is 17.5. The molecule has 4 aliphatic carbocycles. The van der Waals surface area contributed by atoms with E-state index in [0.717, 1.165) is 24.8 Å². The van der Waals surface area contributed by atoms with E-state index in [9.17, 15) is 18.4 Å². The molecule has 4 aliphatic rings. The summed E-state index contributed by atoms with van der Waals surface area (Å²) in [4.78, 5) is 8.45. The first-order valence-corrected chi connectivity index (χ1v) is 11.0. The Morgan fingerprint density at radius 2 is 1.88 bits per heavy atom. The summed E-state index contributed by atoms with van der Waals surface area (Å²) in [6, 6.07) is 3.81. The van der Waals surface area contributed by atoms with Crippen molar-refractivity contribution in [2.45, 2.75) is 44.7 Å². The molecule has 0 amide bonds. The number of hydrogen-bond acceptors (Lipinski definition) is 6. The first-order valence-electron chi connectivity index (χ1n) is 11.0. The SMILES string of the molecule is N#Cc1cnc(NCc2cc(F)cc(F)c2F)nc1NC[C@]12CC3C[C@H](C1)[C@@H](N)[C@@H](C3)C2. The Hall–Kier alpha value is -2.86. The van der Waals surface area contributed by atoms with E-state index in [1.54, 1.807) is 0 Å². The minimum absolute atomic E-state index is 0.142. The number of nitriles is 1. The third-order valence-electron chi connectivity index (χ3n) is 7.52. The highest BCUT2D eigenvalue weighted by Crippen LogP contribution is 2.59. The van der Waals surface area contributed by atoms with Crippen LogP contribution in [0.3, 0.4) is 0 Å². The molecule has 6 nitrogen and oxygen atoms in total. The molecule has 0 saturated heterocycles. The molecule has 4 N–H and O–H groups in total. The predicted octanol–water partition coefficient (Wildman–Crippen LogP) is 3.94. The van der Waals surface area contributed by atoms with Crippen LogP contribution < -0.4 is 16.4 Å². The summed E-state index contributed by atoms with van der Waals surface area (Å²) in [7, 11) is 0. The van der Waals surface area contributed by atoms with Crippen molar-refractivity contribution in [1.29, 1.82) is 5.26 Å². The maximum atomic E-state index is 13.9. The molecule has 1 aromatic heterocycles. The van der Waals surface area contributed by atoms with E-state index < -0.39 is 17.5 Å². The van der Waals surface area contributed by atoms with Crippen molar-refractivity contribution in [1.82, 2.24) is 9.97 Å². The van der Waals surface area contributed by atoms with E-state index in [1.807, 2.05) is 0 Å². The summed E-state index contributed by atoms with van der Waals surface area (Å²) in [5.74, 6) is -0.816. The van der Waals surface area contributed by atoms with Gasteiger partial charge >= 0.3 is 0 Å². The van der Waals surface area contributed by atoms with Crippen LogP contribution in [-0.2, 0) is 6.54 Å². The van der Waals surface area contributed by atoms with Crippen LogP contribution in [0.4, 0.5) is 24.9 Å². The lowest BCUT2D eigenvalue weighted by molar-refractivity contribution is -0.0591. The fourth-order valence-corrected chi connectivity index (χ4v) is 6.32. The maximum absolute atomic E-state index is 13.9. The third kappa shape index (κ3) is 3.77. The van der Waals surface area contributed by atoms with Crippen LogP contribution in [0, 0.1) is 52.0 Å². The number of hydrogen-bond donors (Lipinski definition) is 3. The van der Waals surface area contributed by atoms with Crippen molar-refractivity contribution in [2.24, 2.45) is 28.9 Å². The van der Waals surface area contributed by atoms with E-state index in [4.69, 9.17) is 5.73 Å². The van der Waals surface area contributed by atoms with Crippen LogP contribution in [0.2, 0.25) is 0 Å². The van der Waals surface area contributed by atoms with Gasteiger partial charge in [-0.25, -0.2) is 18.2 Å². The van der Waals surface area contributed by atoms with Crippen molar-refractivity contribution >= 4 is 11.8 Å². The van der Waals surface area contributed by atoms with Gasteiger partial charge in [0.1, 0.15) is 23.3 Å². The van der Waals surface area contributed by atoms with Gasteiger partial charge in [0, 0.05) is 30.8 Å². The van der Waals surface area contributed by atoms with Gasteiger partial charge in [0.2, 0.25) is 5.95 Å². The second-order valence-electron chi connectivity index (χ2n) is 9.68. The first kappa shape index (κ1) is 21.0. The molecule has 9 heteroatoms. The van der Waals surface area contributed by atoms with Gasteiger partial charge in [-0.3, -0.25) is 0 Å². The number of nitrogens with zero attached hydrogens (tertiary/aromatic N) is 3. The minimum Gasteiger partial charge on any atom is -0.368 e. The summed E-state index contributed by atoms with van der Waals surface area (Å²) in [6.45, 7) is 0.511. The van der Waals surface area contributed by atoms with Crippen LogP contribution in [0.15, 0.2) is 18.3 Å². The molecule has 0 radical (unpaired) electrons. The number of halogens is 3. The minimum atomic E-state index is -1.25. The lowest BCUT2D eigenvalue weighted by Crippen LogP contribution is -2.58. The molecule has 168 valence electrons. The summed E-state index contributed by atoms with van der Waals surface area (Å²) < 4.78 is 40.7. The molecular formula is C23H25F3N6. The normalized spacial score (nSPS) is 30.2. The molecule has 4 saturated carbocycles. The molecule has 1 heterocycles. The Morgan fingerprint density at radius 1 is 1.12 bits per heavy atom. The quantitative estimate of drug-likeness (QED) is 0.586. The molecule has 2 aromatic rings. The first-order chi connectivity index (χ1) is 15.4. The number of aromatic nitrogens is 2. The summed E-state index contributed by atoms with van der Waals surface area (Å²) >= 11 is 0. The van der Waals surface area contributed by atoms with Crippen molar-refractivity contribution in [3.63, 3.8) is 0 Å². The van der Waals surface area contributed by atoms with Crippen LogP contribution in [0.5, 0.6) is 0 Å². The molecule has 32 heavy (non-hydrogen) atoms. The number of nitrogens with one attached hydrogen (secondary N) is 2. The average Bonchev–Trinajstić information content (AvgIpc) is 2.77. The van der Waals surface area contributed by atoms with Crippen LogP contribution in [0.25, 0.3) is 0 Å². The summed E-state index contributed by atoms with van der Waals surface area (Å²) in [6.07, 6.45) is 7.19. The Bertz CT molecular complexity index is 1070. The largest absolute Gasteiger partial charge is 0.368 e. The molecule has 6 rings (SSSR count). The highest BCUT2D eigenvalue weighted by molar-refractivity contribution is 5.53. The number of anilines is 2. The van der Waals surface area contributed by atoms with Gasteiger partial charge in [0.15, 0.2) is 11.6 Å². The fraction of sp³-hybridized carbons (Fsp3) is 0.522. The Morgan fingerprint density at radius 3 is 2.59 bits per heavy atom. The highest BCUT2D eigenvalue weighted by Gasteiger charge is 2.54. The molecule has 4 fully saturated rings. The lowest BCUT2D eigenvalue weighted by atomic mass is 9.48. The molecular weight excluding hydrogens is 417 g/mol. The van der Waals surface area contributed by atoms with E-state index >= 15 is 0 Å². The van der Waals surface area contributed by atoms with Gasteiger partial charge in [-0.2, -0.15) is 10.2 Å². The van der Waals surface area contributed by atoms with Crippen molar-refractivity contribution in [2.75, 3.05) is 17.2 Å². The van der Waals surface area contributed by atoms with Crippen LogP contribution in [0.1, 0.15) is 43.2 Å². The standard InChI is InChI=1S/C23H25F3N6/c24-17-3-15(19(26)18(25)4-17)9-29-22-30-10-16(8-27)21(32-22)31-11-23-5-12-1-13(6-23)20(28)14(2-12)7-23/h3-4,10,12-14,20H,1-2,5-7,9,11,28H2,(H2,29,30,31,32)/t12?,13-,14+,20-,23-. The number of rotatable bonds is 6. The highest BCUT2D eigenvalue weighted by atomic mass is 19.2. The van der Waals surface area contributed by atoms with E-state index in [2.05, 4.69) is 26.7 Å². The smallest absolute Gasteiger partial charge is 0.224 e. The van der Waals surface area contributed by atoms with Gasteiger partial charge in [-0.1, -0.05) is 0 Å².